The Morgan fingerprint density at radius 1 is 0.862 bits per heavy atom. The zero-order valence-electron chi connectivity index (χ0n) is 15.6. The maximum atomic E-state index is 13.0. The molecular weight excluding hydrogens is 366 g/mol. The van der Waals surface area contributed by atoms with Crippen LogP contribution < -0.4 is 0 Å². The highest BCUT2D eigenvalue weighted by molar-refractivity contribution is 6.14. The van der Waals surface area contributed by atoms with Crippen LogP contribution in [0.5, 0.6) is 0 Å². The zero-order chi connectivity index (χ0) is 20.2. The van der Waals surface area contributed by atoms with Gasteiger partial charge in [0.15, 0.2) is 6.61 Å². The van der Waals surface area contributed by atoms with Crippen molar-refractivity contribution in [1.82, 2.24) is 4.98 Å². The van der Waals surface area contributed by atoms with Gasteiger partial charge in [-0.15, -0.1) is 0 Å². The number of nitrogens with one attached hydrogen (secondary N) is 1. The van der Waals surface area contributed by atoms with Crippen molar-refractivity contribution in [3.63, 3.8) is 0 Å². The standard InChI is InChI=1S/C24H19NO4/c26-14-16-10-12-18(13-11-16)24(28)29-15-21(27)22-19-8-4-5-9-20(19)25-23(22)17-6-2-1-3-7-17/h1-13,25-26H,14-15H2. The molecule has 0 aliphatic rings. The normalized spacial score (nSPS) is 10.8. The number of para-hydroxylation sites is 1. The first-order valence-electron chi connectivity index (χ1n) is 9.23. The second-order valence-corrected chi connectivity index (χ2v) is 6.64. The molecule has 0 spiro atoms. The maximum absolute atomic E-state index is 13.0. The van der Waals surface area contributed by atoms with Crippen LogP contribution in [0.25, 0.3) is 22.2 Å². The first kappa shape index (κ1) is 18.7. The lowest BCUT2D eigenvalue weighted by atomic mass is 10.0. The molecule has 0 aliphatic heterocycles. The first-order valence-corrected chi connectivity index (χ1v) is 9.23. The minimum absolute atomic E-state index is 0.101. The smallest absolute Gasteiger partial charge is 0.338 e. The molecule has 0 atom stereocenters. The Labute approximate surface area is 167 Å². The van der Waals surface area contributed by atoms with Crippen LogP contribution in [0.2, 0.25) is 0 Å². The van der Waals surface area contributed by atoms with Gasteiger partial charge in [0.05, 0.1) is 23.4 Å². The summed E-state index contributed by atoms with van der Waals surface area (Å²) < 4.78 is 5.26. The number of ether oxygens (including phenoxy) is 1. The number of aliphatic hydroxyl groups excluding tert-OH is 1. The van der Waals surface area contributed by atoms with Crippen LogP contribution in [0.15, 0.2) is 78.9 Å². The average Bonchev–Trinajstić information content (AvgIpc) is 3.17. The molecule has 1 aromatic heterocycles. The number of fused-ring (bicyclic) bond motifs is 1. The molecule has 5 nitrogen and oxygen atoms in total. The highest BCUT2D eigenvalue weighted by Crippen LogP contribution is 2.30. The quantitative estimate of drug-likeness (QED) is 0.382. The zero-order valence-corrected chi connectivity index (χ0v) is 15.6. The molecule has 4 rings (SSSR count). The lowest BCUT2D eigenvalue weighted by Crippen LogP contribution is -2.14. The molecular formula is C24H19NO4. The van der Waals surface area contributed by atoms with Gasteiger partial charge in [0, 0.05) is 10.9 Å². The van der Waals surface area contributed by atoms with Crippen LogP contribution in [-0.4, -0.2) is 28.4 Å². The summed E-state index contributed by atoms with van der Waals surface area (Å²) >= 11 is 0. The molecule has 0 saturated carbocycles. The lowest BCUT2D eigenvalue weighted by Gasteiger charge is -2.07. The predicted octanol–water partition coefficient (Wildman–Crippen LogP) is 4.37. The van der Waals surface area contributed by atoms with E-state index in [0.717, 1.165) is 16.5 Å². The van der Waals surface area contributed by atoms with Gasteiger partial charge in [-0.25, -0.2) is 4.79 Å². The van der Waals surface area contributed by atoms with E-state index in [0.29, 0.717) is 22.4 Å². The van der Waals surface area contributed by atoms with Crippen LogP contribution >= 0.6 is 0 Å². The summed E-state index contributed by atoms with van der Waals surface area (Å²) in [5, 5.41) is 9.88. The SMILES string of the molecule is O=C(OCC(=O)c1c(-c2ccccc2)[nH]c2ccccc12)c1ccc(CO)cc1. The van der Waals surface area contributed by atoms with Crippen LogP contribution in [0.4, 0.5) is 0 Å². The molecule has 0 bridgehead atoms. The number of aromatic nitrogens is 1. The summed E-state index contributed by atoms with van der Waals surface area (Å²) in [6.45, 7) is -0.459. The Balaban J connectivity index is 1.60. The average molecular weight is 385 g/mol. The fourth-order valence-electron chi connectivity index (χ4n) is 3.29. The predicted molar refractivity (Wildman–Crippen MR) is 111 cm³/mol. The van der Waals surface area contributed by atoms with Crippen molar-refractivity contribution in [2.24, 2.45) is 0 Å². The number of carbonyl (C=O) groups excluding carboxylic acids is 2. The molecule has 0 saturated heterocycles. The minimum atomic E-state index is -0.580. The van der Waals surface area contributed by atoms with E-state index in [1.807, 2.05) is 54.6 Å². The molecule has 4 aromatic rings. The fraction of sp³-hybridized carbons (Fsp3) is 0.0833. The largest absolute Gasteiger partial charge is 0.454 e. The number of ketones is 1. The van der Waals surface area contributed by atoms with Gasteiger partial charge in [-0.1, -0.05) is 60.7 Å². The van der Waals surface area contributed by atoms with E-state index < -0.39 is 5.97 Å². The van der Waals surface area contributed by atoms with Crippen molar-refractivity contribution < 1.29 is 19.4 Å². The van der Waals surface area contributed by atoms with E-state index in [2.05, 4.69) is 4.98 Å². The number of hydrogen-bond acceptors (Lipinski definition) is 4. The Morgan fingerprint density at radius 3 is 2.28 bits per heavy atom. The number of Topliss-reactive ketones (excluding diaryl/α,β-unsaturated/α-hetero) is 1. The summed E-state index contributed by atoms with van der Waals surface area (Å²) in [6.07, 6.45) is 0. The Kier molecular flexibility index (Phi) is 5.22. The number of aliphatic hydroxyl groups is 1. The monoisotopic (exact) mass is 385 g/mol. The lowest BCUT2D eigenvalue weighted by molar-refractivity contribution is 0.0475. The van der Waals surface area contributed by atoms with Gasteiger partial charge in [-0.3, -0.25) is 4.79 Å². The van der Waals surface area contributed by atoms with Crippen molar-refractivity contribution in [1.29, 1.82) is 0 Å². The Hall–Kier alpha value is -3.70. The Morgan fingerprint density at radius 2 is 1.55 bits per heavy atom. The Bertz CT molecular complexity index is 1160. The molecule has 0 amide bonds. The summed E-state index contributed by atoms with van der Waals surface area (Å²) in [6, 6.07) is 23.6. The number of H-pyrrole nitrogens is 1. The second kappa shape index (κ2) is 8.12. The highest BCUT2D eigenvalue weighted by Gasteiger charge is 2.21. The molecule has 2 N–H and O–H groups in total. The van der Waals surface area contributed by atoms with Crippen molar-refractivity contribution in [2.45, 2.75) is 6.61 Å². The van der Waals surface area contributed by atoms with Crippen LogP contribution in [0.1, 0.15) is 26.3 Å². The number of carbonyl (C=O) groups is 2. The number of benzene rings is 3. The van der Waals surface area contributed by atoms with Crippen LogP contribution in [0, 0.1) is 0 Å². The first-order chi connectivity index (χ1) is 14.2. The van der Waals surface area contributed by atoms with Crippen molar-refractivity contribution in [3.05, 3.63) is 95.6 Å². The van der Waals surface area contributed by atoms with Gasteiger partial charge in [0.2, 0.25) is 5.78 Å². The van der Waals surface area contributed by atoms with E-state index in [-0.39, 0.29) is 19.0 Å². The molecule has 0 unspecified atom stereocenters. The minimum Gasteiger partial charge on any atom is -0.454 e. The van der Waals surface area contributed by atoms with Crippen molar-refractivity contribution >= 4 is 22.7 Å². The van der Waals surface area contributed by atoms with Gasteiger partial charge in [0.1, 0.15) is 0 Å². The number of rotatable bonds is 6. The van der Waals surface area contributed by atoms with Gasteiger partial charge in [-0.05, 0) is 29.3 Å². The summed E-state index contributed by atoms with van der Waals surface area (Å²) in [5.41, 5.74) is 3.98. The van der Waals surface area contributed by atoms with E-state index in [4.69, 9.17) is 9.84 Å². The summed E-state index contributed by atoms with van der Waals surface area (Å²) in [7, 11) is 0. The third-order valence-electron chi connectivity index (χ3n) is 4.75. The van der Waals surface area contributed by atoms with Crippen molar-refractivity contribution in [2.75, 3.05) is 6.61 Å². The fourth-order valence-corrected chi connectivity index (χ4v) is 3.29. The molecule has 144 valence electrons. The topological polar surface area (TPSA) is 79.4 Å². The van der Waals surface area contributed by atoms with E-state index in [1.165, 1.54) is 0 Å². The maximum Gasteiger partial charge on any atom is 0.338 e. The van der Waals surface area contributed by atoms with Gasteiger partial charge in [0.25, 0.3) is 0 Å². The van der Waals surface area contributed by atoms with E-state index in [9.17, 15) is 9.59 Å². The number of hydrogen-bond donors (Lipinski definition) is 2. The molecule has 1 heterocycles. The summed E-state index contributed by atoms with van der Waals surface area (Å²) in [5.74, 6) is -0.856. The highest BCUT2D eigenvalue weighted by atomic mass is 16.5. The molecule has 0 radical (unpaired) electrons. The van der Waals surface area contributed by atoms with E-state index in [1.54, 1.807) is 24.3 Å². The van der Waals surface area contributed by atoms with Gasteiger partial charge in [-0.2, -0.15) is 0 Å². The number of aromatic amines is 1. The second-order valence-electron chi connectivity index (χ2n) is 6.64. The van der Waals surface area contributed by atoms with Crippen LogP contribution in [0.3, 0.4) is 0 Å². The molecule has 0 fully saturated rings. The molecule has 29 heavy (non-hydrogen) atoms. The van der Waals surface area contributed by atoms with E-state index >= 15 is 0 Å². The van der Waals surface area contributed by atoms with Gasteiger partial charge >= 0.3 is 5.97 Å². The third kappa shape index (κ3) is 3.81. The van der Waals surface area contributed by atoms with Crippen molar-refractivity contribution in [3.8, 4) is 11.3 Å². The third-order valence-corrected chi connectivity index (χ3v) is 4.75. The molecule has 0 aliphatic carbocycles. The molecule has 5 heteroatoms. The summed E-state index contributed by atoms with van der Waals surface area (Å²) in [4.78, 5) is 28.6. The number of esters is 1. The van der Waals surface area contributed by atoms with Gasteiger partial charge < -0.3 is 14.8 Å². The molecule has 3 aromatic carbocycles. The van der Waals surface area contributed by atoms with Crippen LogP contribution in [-0.2, 0) is 11.3 Å².